The number of Topliss-reactive ketones (excluding diaryl/α,β-unsaturated/α-hetero) is 1. The smallest absolute Gasteiger partial charge is 0.325 e. The predicted molar refractivity (Wildman–Crippen MR) is 95.7 cm³/mol. The van der Waals surface area contributed by atoms with Gasteiger partial charge in [-0.1, -0.05) is 77.6 Å². The Labute approximate surface area is 146 Å². The maximum atomic E-state index is 11.6. The monoisotopic (exact) mass is 341 g/mol. The molecule has 24 heavy (non-hydrogen) atoms. The van der Waals surface area contributed by atoms with Gasteiger partial charge in [0, 0.05) is 6.42 Å². The molecule has 0 saturated heterocycles. The molecule has 5 nitrogen and oxygen atoms in total. The summed E-state index contributed by atoms with van der Waals surface area (Å²) in [6, 6.07) is 0. The minimum Gasteiger partial charge on any atom is -0.468 e. The van der Waals surface area contributed by atoms with Gasteiger partial charge in [-0.3, -0.25) is 14.4 Å². The van der Waals surface area contributed by atoms with E-state index in [0.717, 1.165) is 19.3 Å². The van der Waals surface area contributed by atoms with E-state index < -0.39 is 17.7 Å². The van der Waals surface area contributed by atoms with E-state index in [4.69, 9.17) is 0 Å². The number of unbranched alkanes of at least 4 members (excludes halogenated alkanes) is 11. The number of esters is 1. The van der Waals surface area contributed by atoms with Crippen LogP contribution in [0.5, 0.6) is 0 Å². The molecule has 0 atom stereocenters. The SMILES string of the molecule is CCCCCCCCCCCCCCC(=O)C(=O)NCC(=O)OC. The molecule has 0 aromatic rings. The van der Waals surface area contributed by atoms with Gasteiger partial charge in [0.25, 0.3) is 5.91 Å². The van der Waals surface area contributed by atoms with Gasteiger partial charge in [-0.25, -0.2) is 0 Å². The zero-order valence-electron chi connectivity index (χ0n) is 15.5. The van der Waals surface area contributed by atoms with E-state index in [1.165, 1.54) is 64.9 Å². The number of carbonyl (C=O) groups is 3. The molecule has 0 fully saturated rings. The molecule has 0 aromatic carbocycles. The summed E-state index contributed by atoms with van der Waals surface area (Å²) in [5.74, 6) is -1.70. The van der Waals surface area contributed by atoms with Crippen molar-refractivity contribution in [2.75, 3.05) is 13.7 Å². The molecule has 0 spiro atoms. The highest BCUT2D eigenvalue weighted by Crippen LogP contribution is 2.12. The highest BCUT2D eigenvalue weighted by Gasteiger charge is 2.13. The average molecular weight is 341 g/mol. The summed E-state index contributed by atoms with van der Waals surface area (Å²) in [6.07, 6.45) is 15.0. The van der Waals surface area contributed by atoms with Crippen LogP contribution in [0.2, 0.25) is 0 Å². The Morgan fingerprint density at radius 3 is 1.67 bits per heavy atom. The lowest BCUT2D eigenvalue weighted by Gasteiger charge is -2.04. The summed E-state index contributed by atoms with van der Waals surface area (Å²) in [5, 5.41) is 2.26. The highest BCUT2D eigenvalue weighted by molar-refractivity contribution is 6.36. The molecular formula is C19H35NO4. The largest absolute Gasteiger partial charge is 0.468 e. The minimum absolute atomic E-state index is 0.250. The van der Waals surface area contributed by atoms with Crippen LogP contribution in [0.1, 0.15) is 90.4 Å². The minimum atomic E-state index is -0.691. The van der Waals surface area contributed by atoms with Gasteiger partial charge in [-0.15, -0.1) is 0 Å². The first kappa shape index (κ1) is 22.6. The standard InChI is InChI=1S/C19H35NO4/c1-3-4-5-6-7-8-9-10-11-12-13-14-15-17(21)19(23)20-16-18(22)24-2/h3-16H2,1-2H3,(H,20,23). The summed E-state index contributed by atoms with van der Waals surface area (Å²) in [4.78, 5) is 33.9. The second-order valence-corrected chi connectivity index (χ2v) is 6.32. The second kappa shape index (κ2) is 16.5. The fourth-order valence-electron chi connectivity index (χ4n) is 2.56. The molecule has 1 amide bonds. The molecule has 0 saturated carbocycles. The van der Waals surface area contributed by atoms with Gasteiger partial charge in [0.1, 0.15) is 6.54 Å². The molecule has 0 aromatic heterocycles. The van der Waals surface area contributed by atoms with E-state index >= 15 is 0 Å². The Bertz CT molecular complexity index is 355. The zero-order chi connectivity index (χ0) is 18.0. The van der Waals surface area contributed by atoms with Gasteiger partial charge in [0.15, 0.2) is 0 Å². The van der Waals surface area contributed by atoms with Crippen LogP contribution in [0.15, 0.2) is 0 Å². The van der Waals surface area contributed by atoms with E-state index in [-0.39, 0.29) is 13.0 Å². The van der Waals surface area contributed by atoms with Crippen LogP contribution in [0.3, 0.4) is 0 Å². The molecule has 0 aliphatic carbocycles. The van der Waals surface area contributed by atoms with E-state index in [2.05, 4.69) is 17.0 Å². The van der Waals surface area contributed by atoms with Crippen molar-refractivity contribution in [3.63, 3.8) is 0 Å². The first-order chi connectivity index (χ1) is 11.6. The van der Waals surface area contributed by atoms with E-state index in [0.29, 0.717) is 0 Å². The number of methoxy groups -OCH3 is 1. The van der Waals surface area contributed by atoms with Crippen LogP contribution in [0, 0.1) is 0 Å². The third-order valence-electron chi connectivity index (χ3n) is 4.13. The number of amides is 1. The molecule has 0 radical (unpaired) electrons. The number of rotatable bonds is 16. The number of ether oxygens (including phenoxy) is 1. The van der Waals surface area contributed by atoms with Crippen LogP contribution >= 0.6 is 0 Å². The fourth-order valence-corrected chi connectivity index (χ4v) is 2.56. The number of ketones is 1. The third-order valence-corrected chi connectivity index (χ3v) is 4.13. The van der Waals surface area contributed by atoms with Crippen molar-refractivity contribution in [3.05, 3.63) is 0 Å². The van der Waals surface area contributed by atoms with Gasteiger partial charge < -0.3 is 10.1 Å². The lowest BCUT2D eigenvalue weighted by atomic mass is 10.0. The van der Waals surface area contributed by atoms with E-state index in [1.807, 2.05) is 0 Å². The number of hydrogen-bond donors (Lipinski definition) is 1. The van der Waals surface area contributed by atoms with Gasteiger partial charge in [-0.2, -0.15) is 0 Å². The molecule has 140 valence electrons. The van der Waals surface area contributed by atoms with Crippen molar-refractivity contribution >= 4 is 17.7 Å². The second-order valence-electron chi connectivity index (χ2n) is 6.32. The Morgan fingerprint density at radius 1 is 0.750 bits per heavy atom. The maximum absolute atomic E-state index is 11.6. The van der Waals surface area contributed by atoms with Crippen molar-refractivity contribution < 1.29 is 19.1 Å². The Morgan fingerprint density at radius 2 is 1.21 bits per heavy atom. The normalized spacial score (nSPS) is 10.4. The zero-order valence-corrected chi connectivity index (χ0v) is 15.5. The summed E-state index contributed by atoms with van der Waals surface area (Å²) in [5.41, 5.74) is 0. The van der Waals surface area contributed by atoms with Crippen LogP contribution in [-0.2, 0) is 19.1 Å². The molecule has 5 heteroatoms. The Balaban J connectivity index is 3.35. The quantitative estimate of drug-likeness (QED) is 0.262. The van der Waals surface area contributed by atoms with Crippen molar-refractivity contribution in [2.24, 2.45) is 0 Å². The molecule has 0 rings (SSSR count). The van der Waals surface area contributed by atoms with Crippen LogP contribution in [-0.4, -0.2) is 31.3 Å². The maximum Gasteiger partial charge on any atom is 0.325 e. The summed E-state index contributed by atoms with van der Waals surface area (Å²) >= 11 is 0. The molecule has 0 aliphatic heterocycles. The summed E-state index contributed by atoms with van der Waals surface area (Å²) < 4.78 is 4.39. The van der Waals surface area contributed by atoms with Crippen LogP contribution in [0.4, 0.5) is 0 Å². The van der Waals surface area contributed by atoms with Gasteiger partial charge in [0.05, 0.1) is 7.11 Å². The van der Waals surface area contributed by atoms with Gasteiger partial charge in [-0.05, 0) is 6.42 Å². The fraction of sp³-hybridized carbons (Fsp3) is 0.842. The van der Waals surface area contributed by atoms with E-state index in [9.17, 15) is 14.4 Å². The first-order valence-electron chi connectivity index (χ1n) is 9.49. The van der Waals surface area contributed by atoms with Crippen molar-refractivity contribution in [1.82, 2.24) is 5.32 Å². The average Bonchev–Trinajstić information content (AvgIpc) is 2.59. The molecule has 1 N–H and O–H groups in total. The molecule has 0 aliphatic rings. The Hall–Kier alpha value is -1.39. The van der Waals surface area contributed by atoms with Crippen molar-refractivity contribution in [3.8, 4) is 0 Å². The molecular weight excluding hydrogens is 306 g/mol. The lowest BCUT2D eigenvalue weighted by Crippen LogP contribution is -2.35. The topological polar surface area (TPSA) is 72.5 Å². The summed E-state index contributed by atoms with van der Waals surface area (Å²) in [6.45, 7) is 1.99. The summed E-state index contributed by atoms with van der Waals surface area (Å²) in [7, 11) is 1.24. The molecule has 0 heterocycles. The number of hydrogen-bond acceptors (Lipinski definition) is 4. The van der Waals surface area contributed by atoms with Crippen LogP contribution < -0.4 is 5.32 Å². The highest BCUT2D eigenvalue weighted by atomic mass is 16.5. The first-order valence-corrected chi connectivity index (χ1v) is 9.49. The van der Waals surface area contributed by atoms with Crippen molar-refractivity contribution in [1.29, 1.82) is 0 Å². The van der Waals surface area contributed by atoms with Crippen LogP contribution in [0.25, 0.3) is 0 Å². The van der Waals surface area contributed by atoms with E-state index in [1.54, 1.807) is 0 Å². The number of carbonyl (C=O) groups excluding carboxylic acids is 3. The third kappa shape index (κ3) is 14.2. The molecule has 0 bridgehead atoms. The molecule has 0 unspecified atom stereocenters. The lowest BCUT2D eigenvalue weighted by molar-refractivity contribution is -0.143. The Kier molecular flexibility index (Phi) is 15.5. The van der Waals surface area contributed by atoms with Crippen molar-refractivity contribution in [2.45, 2.75) is 90.4 Å². The number of nitrogens with one attached hydrogen (secondary N) is 1. The van der Waals surface area contributed by atoms with Gasteiger partial charge in [0.2, 0.25) is 5.78 Å². The van der Waals surface area contributed by atoms with Gasteiger partial charge >= 0.3 is 5.97 Å². The predicted octanol–water partition coefficient (Wildman–Crippen LogP) is 3.94.